The highest BCUT2D eigenvalue weighted by Gasteiger charge is 2.64. The Bertz CT molecular complexity index is 489. The molecule has 1 aromatic rings. The van der Waals surface area contributed by atoms with Crippen LogP contribution in [0.25, 0.3) is 0 Å². The second kappa shape index (κ2) is 4.48. The third-order valence-electron chi connectivity index (χ3n) is 5.17. The quantitative estimate of drug-likeness (QED) is 0.842. The molecule has 1 aromatic carbocycles. The van der Waals surface area contributed by atoms with Gasteiger partial charge in [-0.15, -0.1) is 0 Å². The van der Waals surface area contributed by atoms with Gasteiger partial charge in [0.2, 0.25) is 0 Å². The maximum atomic E-state index is 13.0. The Morgan fingerprint density at radius 1 is 1.05 bits per heavy atom. The summed E-state index contributed by atoms with van der Waals surface area (Å²) >= 11 is 0. The van der Waals surface area contributed by atoms with Crippen molar-refractivity contribution in [2.24, 2.45) is 10.8 Å². The first-order valence-electron chi connectivity index (χ1n) is 6.92. The Labute approximate surface area is 118 Å². The average molecular weight is 285 g/mol. The summed E-state index contributed by atoms with van der Waals surface area (Å²) in [6.07, 6.45) is -4.30. The van der Waals surface area contributed by atoms with Gasteiger partial charge in [-0.05, 0) is 29.4 Å². The summed E-state index contributed by atoms with van der Waals surface area (Å²) in [6.45, 7) is 10.4. The van der Waals surface area contributed by atoms with Crippen LogP contribution in [0.4, 0.5) is 13.2 Å². The molecule has 1 fully saturated rings. The zero-order valence-corrected chi connectivity index (χ0v) is 12.6. The fourth-order valence-corrected chi connectivity index (χ4v) is 3.09. The molecule has 0 amide bonds. The van der Waals surface area contributed by atoms with Crippen molar-refractivity contribution in [1.29, 1.82) is 0 Å². The van der Waals surface area contributed by atoms with E-state index in [-0.39, 0.29) is 22.9 Å². The van der Waals surface area contributed by atoms with Crippen molar-refractivity contribution in [2.75, 3.05) is 0 Å². The lowest BCUT2D eigenvalue weighted by Gasteiger charge is -2.20. The molecule has 4 heteroatoms. The third-order valence-corrected chi connectivity index (χ3v) is 5.17. The van der Waals surface area contributed by atoms with E-state index >= 15 is 0 Å². The number of hydrogen-bond acceptors (Lipinski definition) is 1. The maximum absolute atomic E-state index is 13.0. The molecule has 1 unspecified atom stereocenters. The van der Waals surface area contributed by atoms with E-state index in [0.717, 1.165) is 6.07 Å². The van der Waals surface area contributed by atoms with Crippen LogP contribution in [-0.4, -0.2) is 6.04 Å². The van der Waals surface area contributed by atoms with Gasteiger partial charge >= 0.3 is 6.18 Å². The van der Waals surface area contributed by atoms with Gasteiger partial charge in [-0.2, -0.15) is 13.2 Å². The van der Waals surface area contributed by atoms with Crippen LogP contribution < -0.4 is 5.32 Å². The normalized spacial score (nSPS) is 22.6. The minimum Gasteiger partial charge on any atom is -0.306 e. The molecule has 0 spiro atoms. The molecule has 1 nitrogen and oxygen atoms in total. The van der Waals surface area contributed by atoms with Gasteiger partial charge in [0.05, 0.1) is 5.56 Å². The molecule has 1 saturated carbocycles. The fraction of sp³-hybridized carbons (Fsp3) is 0.625. The number of hydrogen-bond donors (Lipinski definition) is 1. The number of nitrogens with one attached hydrogen (secondary N) is 1. The van der Waals surface area contributed by atoms with Crippen LogP contribution in [0.15, 0.2) is 24.3 Å². The largest absolute Gasteiger partial charge is 0.416 e. The summed E-state index contributed by atoms with van der Waals surface area (Å²) < 4.78 is 39.1. The van der Waals surface area contributed by atoms with Crippen LogP contribution in [0.1, 0.15) is 51.8 Å². The van der Waals surface area contributed by atoms with Crippen LogP contribution in [0.3, 0.4) is 0 Å². The second-order valence-electron chi connectivity index (χ2n) is 6.85. The smallest absolute Gasteiger partial charge is 0.306 e. The summed E-state index contributed by atoms with van der Waals surface area (Å²) in [7, 11) is 0. The van der Waals surface area contributed by atoms with E-state index in [9.17, 15) is 13.2 Å². The fourth-order valence-electron chi connectivity index (χ4n) is 3.09. The minimum absolute atomic E-state index is 0.106. The molecular formula is C16H22F3N. The zero-order valence-electron chi connectivity index (χ0n) is 12.6. The van der Waals surface area contributed by atoms with E-state index in [2.05, 4.69) is 33.0 Å². The summed E-state index contributed by atoms with van der Waals surface area (Å²) in [6, 6.07) is 5.71. The highest BCUT2D eigenvalue weighted by atomic mass is 19.4. The third kappa shape index (κ3) is 2.34. The molecule has 0 heterocycles. The van der Waals surface area contributed by atoms with Gasteiger partial charge in [-0.25, -0.2) is 0 Å². The van der Waals surface area contributed by atoms with Crippen LogP contribution in [-0.2, 0) is 6.18 Å². The van der Waals surface area contributed by atoms with E-state index in [4.69, 9.17) is 0 Å². The number of alkyl halides is 3. The first kappa shape index (κ1) is 15.4. The minimum atomic E-state index is -4.30. The van der Waals surface area contributed by atoms with Crippen molar-refractivity contribution in [3.63, 3.8) is 0 Å². The van der Waals surface area contributed by atoms with Gasteiger partial charge < -0.3 is 5.32 Å². The molecule has 0 saturated heterocycles. The van der Waals surface area contributed by atoms with Crippen molar-refractivity contribution in [1.82, 2.24) is 5.32 Å². The van der Waals surface area contributed by atoms with E-state index in [1.807, 2.05) is 0 Å². The molecule has 1 aliphatic rings. The first-order valence-corrected chi connectivity index (χ1v) is 6.92. The predicted octanol–water partition coefficient (Wildman–Crippen LogP) is 4.79. The van der Waals surface area contributed by atoms with Gasteiger partial charge in [-0.3, -0.25) is 0 Å². The second-order valence-corrected chi connectivity index (χ2v) is 6.85. The number of rotatable bonds is 3. The Hall–Kier alpha value is -1.03. The molecular weight excluding hydrogens is 263 g/mol. The van der Waals surface area contributed by atoms with Crippen molar-refractivity contribution in [3.05, 3.63) is 35.4 Å². The van der Waals surface area contributed by atoms with E-state index < -0.39 is 11.7 Å². The Kier molecular flexibility index (Phi) is 3.44. The van der Waals surface area contributed by atoms with Gasteiger partial charge in [0.25, 0.3) is 0 Å². The van der Waals surface area contributed by atoms with Crippen LogP contribution >= 0.6 is 0 Å². The van der Waals surface area contributed by atoms with Crippen LogP contribution in [0.2, 0.25) is 0 Å². The molecule has 0 radical (unpaired) electrons. The van der Waals surface area contributed by atoms with Gasteiger partial charge in [0, 0.05) is 12.1 Å². The van der Waals surface area contributed by atoms with Crippen LogP contribution in [0, 0.1) is 10.8 Å². The standard InChI is InChI=1S/C16H22F3N/c1-10(20-13-14(2,3)15(13,4)5)11-8-6-7-9-12(11)16(17,18)19/h6-10,13,20H,1-5H3. The molecule has 1 atom stereocenters. The topological polar surface area (TPSA) is 12.0 Å². The van der Waals surface area contributed by atoms with E-state index in [1.54, 1.807) is 19.1 Å². The van der Waals surface area contributed by atoms with Crippen molar-refractivity contribution in [2.45, 2.75) is 52.9 Å². The predicted molar refractivity (Wildman–Crippen MR) is 74.3 cm³/mol. The molecule has 0 aliphatic heterocycles. The van der Waals surface area contributed by atoms with Crippen LogP contribution in [0.5, 0.6) is 0 Å². The zero-order chi connectivity index (χ0) is 15.3. The van der Waals surface area contributed by atoms with Gasteiger partial charge in [0.1, 0.15) is 0 Å². The lowest BCUT2D eigenvalue weighted by molar-refractivity contribution is -0.138. The van der Waals surface area contributed by atoms with Gasteiger partial charge in [0.15, 0.2) is 0 Å². The molecule has 112 valence electrons. The SMILES string of the molecule is CC(NC1C(C)(C)C1(C)C)c1ccccc1C(F)(F)F. The molecule has 2 rings (SSSR count). The van der Waals surface area contributed by atoms with Gasteiger partial charge in [-0.1, -0.05) is 45.9 Å². The summed E-state index contributed by atoms with van der Waals surface area (Å²) in [5.41, 5.74) is -0.0159. The lowest BCUT2D eigenvalue weighted by Crippen LogP contribution is -2.27. The summed E-state index contributed by atoms with van der Waals surface area (Å²) in [4.78, 5) is 0. The highest BCUT2D eigenvalue weighted by Crippen LogP contribution is 2.63. The van der Waals surface area contributed by atoms with E-state index in [0.29, 0.717) is 5.56 Å². The molecule has 1 aliphatic carbocycles. The summed E-state index contributed by atoms with van der Waals surface area (Å²) in [5, 5.41) is 3.36. The van der Waals surface area contributed by atoms with Crippen molar-refractivity contribution in [3.8, 4) is 0 Å². The van der Waals surface area contributed by atoms with Crippen molar-refractivity contribution < 1.29 is 13.2 Å². The lowest BCUT2D eigenvalue weighted by atomic mass is 10.0. The molecule has 0 bridgehead atoms. The maximum Gasteiger partial charge on any atom is 0.416 e. The summed E-state index contributed by atoms with van der Waals surface area (Å²) in [5.74, 6) is 0. The monoisotopic (exact) mass is 285 g/mol. The molecule has 0 aromatic heterocycles. The Balaban J connectivity index is 2.22. The average Bonchev–Trinajstić information content (AvgIpc) is 2.70. The number of halogens is 3. The highest BCUT2D eigenvalue weighted by molar-refractivity contribution is 5.33. The first-order chi connectivity index (χ1) is 8.99. The Morgan fingerprint density at radius 3 is 2.00 bits per heavy atom. The molecule has 20 heavy (non-hydrogen) atoms. The van der Waals surface area contributed by atoms with E-state index in [1.165, 1.54) is 6.07 Å². The molecule has 1 N–H and O–H groups in total. The van der Waals surface area contributed by atoms with Crippen molar-refractivity contribution >= 4 is 0 Å². The Morgan fingerprint density at radius 2 is 1.55 bits per heavy atom. The number of benzene rings is 1.